The first kappa shape index (κ1) is 15.4. The van der Waals surface area contributed by atoms with Crippen molar-refractivity contribution >= 4 is 16.5 Å². The van der Waals surface area contributed by atoms with Crippen molar-refractivity contribution in [3.63, 3.8) is 0 Å². The number of hydrogen-bond acceptors (Lipinski definition) is 5. The molecule has 0 amide bonds. The Bertz CT molecular complexity index is 614. The smallest absolute Gasteiger partial charge is 0.184 e. The number of methoxy groups -OCH3 is 2. The Morgan fingerprint density at radius 3 is 2.48 bits per heavy atom. The Balaban J connectivity index is 2.56. The summed E-state index contributed by atoms with van der Waals surface area (Å²) in [5.41, 5.74) is 1.04. The van der Waals surface area contributed by atoms with Crippen LogP contribution in [0.3, 0.4) is 0 Å². The molecule has 5 nitrogen and oxygen atoms in total. The van der Waals surface area contributed by atoms with Crippen LogP contribution in [0.5, 0.6) is 11.5 Å². The molecular weight excluding hydrogens is 266 g/mol. The first-order valence-electron chi connectivity index (χ1n) is 6.93. The van der Waals surface area contributed by atoms with E-state index in [1.54, 1.807) is 20.4 Å². The molecule has 0 aliphatic carbocycles. The molecule has 0 bridgehead atoms. The van der Waals surface area contributed by atoms with Gasteiger partial charge in [-0.2, -0.15) is 0 Å². The number of benzene rings is 1. The maximum absolute atomic E-state index is 5.60. The second-order valence-electron chi connectivity index (χ2n) is 5.28. The van der Waals surface area contributed by atoms with Crippen molar-refractivity contribution in [1.82, 2.24) is 9.88 Å². The van der Waals surface area contributed by atoms with Crippen LogP contribution in [-0.4, -0.2) is 58.3 Å². The molecule has 0 fully saturated rings. The number of pyridine rings is 1. The normalized spacial score (nSPS) is 11.0. The zero-order chi connectivity index (χ0) is 15.4. The van der Waals surface area contributed by atoms with Crippen molar-refractivity contribution in [2.24, 2.45) is 0 Å². The number of hydrogen-bond donors (Lipinski definition) is 0. The lowest BCUT2D eigenvalue weighted by molar-refractivity contribution is 0.355. The highest BCUT2D eigenvalue weighted by atomic mass is 16.5. The molecule has 0 N–H and O–H groups in total. The first-order chi connectivity index (χ1) is 10.1. The quantitative estimate of drug-likeness (QED) is 0.815. The van der Waals surface area contributed by atoms with Crippen LogP contribution >= 0.6 is 0 Å². The maximum Gasteiger partial charge on any atom is 0.184 e. The number of fused-ring (bicyclic) bond motifs is 1. The summed E-state index contributed by atoms with van der Waals surface area (Å²) in [6, 6.07) is 3.98. The van der Waals surface area contributed by atoms with Gasteiger partial charge in [0, 0.05) is 43.3 Å². The fraction of sp³-hybridized carbons (Fsp3) is 0.438. The standard InChI is InChI=1S/C16H23N3O2/c1-18(2)8-9-19(3)15-13-6-7-17-11-12(13)10-14(20-4)16(15)21-5/h6-7,10-11H,8-9H2,1-5H3. The summed E-state index contributed by atoms with van der Waals surface area (Å²) in [6.07, 6.45) is 3.65. The average molecular weight is 289 g/mol. The molecule has 21 heavy (non-hydrogen) atoms. The Morgan fingerprint density at radius 2 is 1.86 bits per heavy atom. The van der Waals surface area contributed by atoms with Crippen LogP contribution in [0.15, 0.2) is 24.5 Å². The van der Waals surface area contributed by atoms with E-state index in [1.165, 1.54) is 0 Å². The predicted octanol–water partition coefficient (Wildman–Crippen LogP) is 2.25. The number of nitrogens with zero attached hydrogens (tertiary/aromatic N) is 3. The number of anilines is 1. The Labute approximate surface area is 126 Å². The van der Waals surface area contributed by atoms with Gasteiger partial charge in [0.25, 0.3) is 0 Å². The van der Waals surface area contributed by atoms with Gasteiger partial charge in [0.15, 0.2) is 11.5 Å². The van der Waals surface area contributed by atoms with Crippen LogP contribution in [-0.2, 0) is 0 Å². The Hall–Kier alpha value is -2.01. The summed E-state index contributed by atoms with van der Waals surface area (Å²) in [7, 11) is 9.54. The molecule has 0 aliphatic heterocycles. The molecular formula is C16H23N3O2. The average Bonchev–Trinajstić information content (AvgIpc) is 2.50. The van der Waals surface area contributed by atoms with E-state index in [1.807, 2.05) is 18.3 Å². The molecule has 0 aliphatic rings. The molecule has 1 aromatic carbocycles. The summed E-state index contributed by atoms with van der Waals surface area (Å²) >= 11 is 0. The number of rotatable bonds is 6. The summed E-state index contributed by atoms with van der Waals surface area (Å²) in [5, 5.41) is 2.16. The lowest BCUT2D eigenvalue weighted by Gasteiger charge is -2.26. The topological polar surface area (TPSA) is 37.8 Å². The maximum atomic E-state index is 5.60. The zero-order valence-electron chi connectivity index (χ0n) is 13.4. The van der Waals surface area contributed by atoms with Crippen molar-refractivity contribution in [3.05, 3.63) is 24.5 Å². The van der Waals surface area contributed by atoms with E-state index in [-0.39, 0.29) is 0 Å². The Kier molecular flexibility index (Phi) is 4.85. The van der Waals surface area contributed by atoms with E-state index in [2.05, 4.69) is 35.9 Å². The summed E-state index contributed by atoms with van der Waals surface area (Å²) in [5.74, 6) is 1.49. The van der Waals surface area contributed by atoms with E-state index >= 15 is 0 Å². The molecule has 0 unspecified atom stereocenters. The lowest BCUT2D eigenvalue weighted by Crippen LogP contribution is -2.29. The van der Waals surface area contributed by atoms with Gasteiger partial charge < -0.3 is 19.3 Å². The van der Waals surface area contributed by atoms with Crippen molar-refractivity contribution < 1.29 is 9.47 Å². The molecule has 0 spiro atoms. The third-order valence-corrected chi connectivity index (χ3v) is 3.52. The minimum Gasteiger partial charge on any atom is -0.493 e. The van der Waals surface area contributed by atoms with Gasteiger partial charge in [0.1, 0.15) is 0 Å². The van der Waals surface area contributed by atoms with Gasteiger partial charge in [-0.1, -0.05) is 0 Å². The molecule has 114 valence electrons. The largest absolute Gasteiger partial charge is 0.493 e. The molecule has 2 aromatic rings. The third kappa shape index (κ3) is 3.19. The van der Waals surface area contributed by atoms with E-state index in [0.717, 1.165) is 41.0 Å². The molecule has 0 saturated heterocycles. The summed E-state index contributed by atoms with van der Waals surface area (Å²) < 4.78 is 11.1. The molecule has 0 radical (unpaired) electrons. The molecule has 1 heterocycles. The predicted molar refractivity (Wildman–Crippen MR) is 86.7 cm³/mol. The van der Waals surface area contributed by atoms with Gasteiger partial charge in [0.2, 0.25) is 0 Å². The SMILES string of the molecule is COc1cc2cnccc2c(N(C)CCN(C)C)c1OC. The first-order valence-corrected chi connectivity index (χ1v) is 6.93. The monoisotopic (exact) mass is 289 g/mol. The molecule has 5 heteroatoms. The molecule has 1 aromatic heterocycles. The highest BCUT2D eigenvalue weighted by Gasteiger charge is 2.18. The van der Waals surface area contributed by atoms with Gasteiger partial charge in [-0.15, -0.1) is 0 Å². The number of aromatic nitrogens is 1. The van der Waals surface area contributed by atoms with Crippen molar-refractivity contribution in [2.75, 3.05) is 53.4 Å². The van der Waals surface area contributed by atoms with Crippen LogP contribution in [0.1, 0.15) is 0 Å². The van der Waals surface area contributed by atoms with Gasteiger partial charge in [0.05, 0.1) is 19.9 Å². The van der Waals surface area contributed by atoms with Gasteiger partial charge in [-0.05, 0) is 26.2 Å². The highest BCUT2D eigenvalue weighted by molar-refractivity contribution is 5.99. The van der Waals surface area contributed by atoms with E-state index in [9.17, 15) is 0 Å². The number of likely N-dealkylation sites (N-methyl/N-ethyl adjacent to an activating group) is 2. The van der Waals surface area contributed by atoms with Crippen LogP contribution in [0.2, 0.25) is 0 Å². The van der Waals surface area contributed by atoms with Crippen molar-refractivity contribution in [1.29, 1.82) is 0 Å². The van der Waals surface area contributed by atoms with Crippen LogP contribution < -0.4 is 14.4 Å². The summed E-state index contributed by atoms with van der Waals surface area (Å²) in [6.45, 7) is 1.86. The van der Waals surface area contributed by atoms with E-state index in [0.29, 0.717) is 0 Å². The van der Waals surface area contributed by atoms with Crippen LogP contribution in [0.25, 0.3) is 10.8 Å². The minimum absolute atomic E-state index is 0.727. The van der Waals surface area contributed by atoms with Crippen LogP contribution in [0, 0.1) is 0 Å². The van der Waals surface area contributed by atoms with Crippen molar-refractivity contribution in [2.45, 2.75) is 0 Å². The fourth-order valence-corrected chi connectivity index (χ4v) is 2.37. The second-order valence-corrected chi connectivity index (χ2v) is 5.28. The highest BCUT2D eigenvalue weighted by Crippen LogP contribution is 2.42. The van der Waals surface area contributed by atoms with Crippen LogP contribution in [0.4, 0.5) is 5.69 Å². The third-order valence-electron chi connectivity index (χ3n) is 3.52. The molecule has 0 saturated carbocycles. The molecule has 0 atom stereocenters. The molecule has 2 rings (SSSR count). The van der Waals surface area contributed by atoms with Gasteiger partial charge >= 0.3 is 0 Å². The lowest BCUT2D eigenvalue weighted by atomic mass is 10.1. The second kappa shape index (κ2) is 6.63. The zero-order valence-corrected chi connectivity index (χ0v) is 13.4. The van der Waals surface area contributed by atoms with Gasteiger partial charge in [-0.3, -0.25) is 4.98 Å². The number of ether oxygens (including phenoxy) is 2. The van der Waals surface area contributed by atoms with E-state index < -0.39 is 0 Å². The van der Waals surface area contributed by atoms with Gasteiger partial charge in [-0.25, -0.2) is 0 Å². The van der Waals surface area contributed by atoms with Crippen molar-refractivity contribution in [3.8, 4) is 11.5 Å². The Morgan fingerprint density at radius 1 is 1.10 bits per heavy atom. The van der Waals surface area contributed by atoms with E-state index in [4.69, 9.17) is 9.47 Å². The summed E-state index contributed by atoms with van der Waals surface area (Å²) in [4.78, 5) is 8.55. The minimum atomic E-state index is 0.727. The fourth-order valence-electron chi connectivity index (χ4n) is 2.37.